The minimum atomic E-state index is -0.316. The maximum absolute atomic E-state index is 12.1. The summed E-state index contributed by atoms with van der Waals surface area (Å²) in [5, 5.41) is 3.21. The monoisotopic (exact) mass is 295 g/mol. The highest BCUT2D eigenvalue weighted by Crippen LogP contribution is 2.35. The molecule has 0 aromatic rings. The zero-order valence-corrected chi connectivity index (χ0v) is 13.1. The van der Waals surface area contributed by atoms with Crippen LogP contribution < -0.4 is 5.32 Å². The lowest BCUT2D eigenvalue weighted by molar-refractivity contribution is -0.180. The lowest BCUT2D eigenvalue weighted by Crippen LogP contribution is -2.44. The van der Waals surface area contributed by atoms with E-state index in [4.69, 9.17) is 9.47 Å². The van der Waals surface area contributed by atoms with Gasteiger partial charge in [0.1, 0.15) is 0 Å². The van der Waals surface area contributed by atoms with E-state index in [9.17, 15) is 4.79 Å². The van der Waals surface area contributed by atoms with Gasteiger partial charge in [0, 0.05) is 25.3 Å². The third kappa shape index (κ3) is 4.19. The van der Waals surface area contributed by atoms with Gasteiger partial charge in [-0.05, 0) is 25.2 Å². The van der Waals surface area contributed by atoms with Crippen LogP contribution in [0.3, 0.4) is 0 Å². The van der Waals surface area contributed by atoms with Gasteiger partial charge >= 0.3 is 0 Å². The molecule has 0 unspecified atom stereocenters. The summed E-state index contributed by atoms with van der Waals surface area (Å²) in [6.07, 6.45) is 12.3. The molecule has 3 aliphatic rings. The van der Waals surface area contributed by atoms with Crippen LogP contribution in [0.2, 0.25) is 0 Å². The average molecular weight is 295 g/mol. The first-order chi connectivity index (χ1) is 10.3. The summed E-state index contributed by atoms with van der Waals surface area (Å²) in [4.78, 5) is 12.1. The Labute approximate surface area is 127 Å². The first kappa shape index (κ1) is 15.3. The van der Waals surface area contributed by atoms with Crippen molar-refractivity contribution in [3.8, 4) is 0 Å². The molecule has 21 heavy (non-hydrogen) atoms. The number of carbonyl (C=O) groups is 1. The van der Waals surface area contributed by atoms with Crippen LogP contribution in [0.1, 0.15) is 70.6 Å². The van der Waals surface area contributed by atoms with Gasteiger partial charge in [-0.25, -0.2) is 0 Å². The van der Waals surface area contributed by atoms with E-state index in [1.54, 1.807) is 0 Å². The first-order valence-electron chi connectivity index (χ1n) is 8.83. The Bertz CT molecular complexity index is 336. The summed E-state index contributed by atoms with van der Waals surface area (Å²) >= 11 is 0. The molecule has 1 spiro atoms. The van der Waals surface area contributed by atoms with Gasteiger partial charge in [0.25, 0.3) is 0 Å². The number of carbonyl (C=O) groups excluding carboxylic acids is 1. The fourth-order valence-corrected chi connectivity index (χ4v) is 4.10. The van der Waals surface area contributed by atoms with E-state index in [1.807, 2.05) is 0 Å². The molecule has 2 aliphatic carbocycles. The summed E-state index contributed by atoms with van der Waals surface area (Å²) < 4.78 is 11.5. The van der Waals surface area contributed by atoms with Gasteiger partial charge < -0.3 is 14.8 Å². The number of rotatable bonds is 4. The molecule has 3 fully saturated rings. The molecule has 3 rings (SSSR count). The second-order valence-electron chi connectivity index (χ2n) is 6.99. The molecule has 4 nitrogen and oxygen atoms in total. The van der Waals surface area contributed by atoms with Crippen LogP contribution in [0.4, 0.5) is 0 Å². The van der Waals surface area contributed by atoms with Gasteiger partial charge in [-0.3, -0.25) is 4.79 Å². The molecule has 1 N–H and O–H groups in total. The molecular formula is C17H29NO3. The van der Waals surface area contributed by atoms with Crippen molar-refractivity contribution >= 4 is 5.91 Å². The Morgan fingerprint density at radius 3 is 2.33 bits per heavy atom. The maximum atomic E-state index is 12.1. The number of nitrogens with one attached hydrogen (secondary N) is 1. The Morgan fingerprint density at radius 1 is 1.00 bits per heavy atom. The molecule has 1 saturated heterocycles. The molecule has 0 aromatic carbocycles. The number of ether oxygens (including phenoxy) is 2. The van der Waals surface area contributed by atoms with E-state index in [1.165, 1.54) is 32.1 Å². The molecule has 1 aliphatic heterocycles. The molecule has 1 amide bonds. The van der Waals surface area contributed by atoms with E-state index in [0.717, 1.165) is 51.2 Å². The van der Waals surface area contributed by atoms with Crippen molar-refractivity contribution in [1.29, 1.82) is 0 Å². The smallest absolute Gasteiger partial charge is 0.220 e. The van der Waals surface area contributed by atoms with E-state index in [-0.39, 0.29) is 11.7 Å². The zero-order chi connectivity index (χ0) is 14.5. The minimum absolute atomic E-state index is 0.245. The summed E-state index contributed by atoms with van der Waals surface area (Å²) in [6, 6.07) is 0.322. The molecule has 2 saturated carbocycles. The molecular weight excluding hydrogens is 266 g/mol. The molecule has 4 heteroatoms. The highest BCUT2D eigenvalue weighted by Gasteiger charge is 2.40. The van der Waals surface area contributed by atoms with Crippen molar-refractivity contribution in [3.05, 3.63) is 0 Å². The fraction of sp³-hybridized carbons (Fsp3) is 0.941. The van der Waals surface area contributed by atoms with Gasteiger partial charge in [-0.2, -0.15) is 0 Å². The molecule has 1 heterocycles. The normalized spacial score (nSPS) is 27.0. The second-order valence-corrected chi connectivity index (χ2v) is 6.99. The van der Waals surface area contributed by atoms with Gasteiger partial charge in [0.05, 0.1) is 13.2 Å². The van der Waals surface area contributed by atoms with Crippen molar-refractivity contribution in [2.75, 3.05) is 13.2 Å². The molecule has 120 valence electrons. The molecule has 0 radical (unpaired) electrons. The average Bonchev–Trinajstić information content (AvgIpc) is 2.97. The van der Waals surface area contributed by atoms with Gasteiger partial charge in [-0.15, -0.1) is 0 Å². The SMILES string of the molecule is O=C(CCC1CCCCC1)NC1CCC2(CC1)OCCO2. The van der Waals surface area contributed by atoms with E-state index >= 15 is 0 Å². The highest BCUT2D eigenvalue weighted by molar-refractivity contribution is 5.76. The van der Waals surface area contributed by atoms with Gasteiger partial charge in [0.15, 0.2) is 5.79 Å². The third-order valence-electron chi connectivity index (χ3n) is 5.43. The highest BCUT2D eigenvalue weighted by atomic mass is 16.7. The van der Waals surface area contributed by atoms with Crippen molar-refractivity contribution in [3.63, 3.8) is 0 Å². The standard InChI is InChI=1S/C17H29NO3/c19-16(7-6-14-4-2-1-3-5-14)18-15-8-10-17(11-9-15)20-12-13-21-17/h14-15H,1-13H2,(H,18,19). The van der Waals surface area contributed by atoms with Crippen molar-refractivity contribution < 1.29 is 14.3 Å². The molecule has 0 atom stereocenters. The lowest BCUT2D eigenvalue weighted by Gasteiger charge is -2.35. The van der Waals surface area contributed by atoms with Crippen LogP contribution >= 0.6 is 0 Å². The zero-order valence-electron chi connectivity index (χ0n) is 13.1. The van der Waals surface area contributed by atoms with Crippen LogP contribution in [0.25, 0.3) is 0 Å². The van der Waals surface area contributed by atoms with Crippen LogP contribution in [0.15, 0.2) is 0 Å². The number of hydrogen-bond donors (Lipinski definition) is 1. The topological polar surface area (TPSA) is 47.6 Å². The Kier molecular flexibility index (Phi) is 5.17. The molecule has 0 aromatic heterocycles. The van der Waals surface area contributed by atoms with Crippen LogP contribution in [-0.2, 0) is 14.3 Å². The predicted molar refractivity (Wildman–Crippen MR) is 80.8 cm³/mol. The molecule has 0 bridgehead atoms. The first-order valence-corrected chi connectivity index (χ1v) is 8.83. The second kappa shape index (κ2) is 7.10. The van der Waals surface area contributed by atoms with Crippen LogP contribution in [0.5, 0.6) is 0 Å². The van der Waals surface area contributed by atoms with Crippen LogP contribution in [-0.4, -0.2) is 30.9 Å². The largest absolute Gasteiger partial charge is 0.353 e. The number of hydrogen-bond acceptors (Lipinski definition) is 3. The third-order valence-corrected chi connectivity index (χ3v) is 5.43. The summed E-state index contributed by atoms with van der Waals surface area (Å²) in [5.41, 5.74) is 0. The Morgan fingerprint density at radius 2 is 1.67 bits per heavy atom. The summed E-state index contributed by atoms with van der Waals surface area (Å²) in [5.74, 6) is 0.720. The number of amides is 1. The van der Waals surface area contributed by atoms with E-state index in [2.05, 4.69) is 5.32 Å². The Hall–Kier alpha value is -0.610. The quantitative estimate of drug-likeness (QED) is 0.866. The fourth-order valence-electron chi connectivity index (χ4n) is 4.10. The maximum Gasteiger partial charge on any atom is 0.220 e. The minimum Gasteiger partial charge on any atom is -0.353 e. The van der Waals surface area contributed by atoms with Crippen molar-refractivity contribution in [2.24, 2.45) is 5.92 Å². The van der Waals surface area contributed by atoms with Gasteiger partial charge in [-0.1, -0.05) is 32.1 Å². The van der Waals surface area contributed by atoms with E-state index < -0.39 is 0 Å². The van der Waals surface area contributed by atoms with Gasteiger partial charge in [0.2, 0.25) is 5.91 Å². The van der Waals surface area contributed by atoms with Crippen molar-refractivity contribution in [1.82, 2.24) is 5.32 Å². The van der Waals surface area contributed by atoms with Crippen LogP contribution in [0, 0.1) is 5.92 Å². The Balaban J connectivity index is 1.33. The van der Waals surface area contributed by atoms with Crippen molar-refractivity contribution in [2.45, 2.75) is 82.5 Å². The predicted octanol–water partition coefficient (Wildman–Crippen LogP) is 3.15. The summed E-state index contributed by atoms with van der Waals surface area (Å²) in [6.45, 7) is 1.44. The van der Waals surface area contributed by atoms with E-state index in [0.29, 0.717) is 12.5 Å². The summed E-state index contributed by atoms with van der Waals surface area (Å²) in [7, 11) is 0. The lowest BCUT2D eigenvalue weighted by atomic mass is 9.86.